The Labute approximate surface area is 88.2 Å². The summed E-state index contributed by atoms with van der Waals surface area (Å²) >= 11 is 0. The van der Waals surface area contributed by atoms with Gasteiger partial charge in [0, 0.05) is 29.7 Å². The summed E-state index contributed by atoms with van der Waals surface area (Å²) < 4.78 is 0. The number of benzene rings is 1. The van der Waals surface area contributed by atoms with Gasteiger partial charge in [0.15, 0.2) is 0 Å². The molecule has 0 bridgehead atoms. The Morgan fingerprint density at radius 1 is 1.20 bits per heavy atom. The molecule has 3 N–H and O–H groups in total. The van der Waals surface area contributed by atoms with E-state index < -0.39 is 0 Å². The highest BCUT2D eigenvalue weighted by molar-refractivity contribution is 5.75. The van der Waals surface area contributed by atoms with Crippen LogP contribution in [0.25, 0.3) is 11.1 Å². The summed E-state index contributed by atoms with van der Waals surface area (Å²) in [7, 11) is 0. The molecule has 0 saturated heterocycles. The molecule has 0 fully saturated rings. The van der Waals surface area contributed by atoms with Crippen LogP contribution in [0.15, 0.2) is 36.7 Å². The zero-order valence-electron chi connectivity index (χ0n) is 8.44. The van der Waals surface area contributed by atoms with Gasteiger partial charge in [-0.2, -0.15) is 0 Å². The zero-order chi connectivity index (χ0) is 10.8. The van der Waals surface area contributed by atoms with Gasteiger partial charge in [0.1, 0.15) is 5.75 Å². The van der Waals surface area contributed by atoms with E-state index in [1.807, 2.05) is 25.1 Å². The summed E-state index contributed by atoms with van der Waals surface area (Å²) in [6.07, 6.45) is 3.40. The minimum atomic E-state index is 0.207. The van der Waals surface area contributed by atoms with E-state index in [0.29, 0.717) is 5.69 Å². The van der Waals surface area contributed by atoms with Gasteiger partial charge in [0.25, 0.3) is 0 Å². The lowest BCUT2D eigenvalue weighted by Gasteiger charge is -2.09. The molecule has 0 aliphatic rings. The van der Waals surface area contributed by atoms with Crippen LogP contribution >= 0.6 is 0 Å². The van der Waals surface area contributed by atoms with Gasteiger partial charge in [-0.3, -0.25) is 4.98 Å². The highest BCUT2D eigenvalue weighted by atomic mass is 16.3. The third-order valence-electron chi connectivity index (χ3n) is 2.31. The van der Waals surface area contributed by atoms with Crippen molar-refractivity contribution in [3.8, 4) is 16.9 Å². The van der Waals surface area contributed by atoms with Crippen molar-refractivity contribution in [2.24, 2.45) is 0 Å². The Morgan fingerprint density at radius 3 is 2.47 bits per heavy atom. The third-order valence-corrected chi connectivity index (χ3v) is 2.31. The van der Waals surface area contributed by atoms with Crippen LogP contribution in [0.3, 0.4) is 0 Å². The predicted octanol–water partition coefficient (Wildman–Crippen LogP) is 2.34. The van der Waals surface area contributed by atoms with Crippen LogP contribution in [0.5, 0.6) is 5.75 Å². The van der Waals surface area contributed by atoms with Crippen molar-refractivity contribution in [1.82, 2.24) is 4.98 Å². The maximum atomic E-state index is 9.83. The van der Waals surface area contributed by atoms with Crippen molar-refractivity contribution < 1.29 is 5.11 Å². The Kier molecular flexibility index (Phi) is 2.29. The number of nitrogens with two attached hydrogens (primary N) is 1. The number of nitrogen functional groups attached to an aromatic ring is 1. The molecule has 0 spiro atoms. The molecule has 1 heterocycles. The molecular formula is C12H12N2O. The van der Waals surface area contributed by atoms with Crippen LogP contribution < -0.4 is 5.73 Å². The molecule has 0 radical (unpaired) electrons. The summed E-state index contributed by atoms with van der Waals surface area (Å²) in [5.41, 5.74) is 8.92. The third kappa shape index (κ3) is 1.76. The van der Waals surface area contributed by atoms with E-state index in [4.69, 9.17) is 5.73 Å². The molecular weight excluding hydrogens is 188 g/mol. The van der Waals surface area contributed by atoms with Crippen LogP contribution in [0, 0.1) is 6.92 Å². The molecule has 2 aromatic rings. The molecule has 0 aliphatic carbocycles. The second kappa shape index (κ2) is 3.61. The maximum Gasteiger partial charge on any atom is 0.125 e. The van der Waals surface area contributed by atoms with E-state index in [9.17, 15) is 5.11 Å². The quantitative estimate of drug-likeness (QED) is 0.694. The number of hydrogen-bond donors (Lipinski definition) is 2. The fourth-order valence-corrected chi connectivity index (χ4v) is 1.69. The summed E-state index contributed by atoms with van der Waals surface area (Å²) in [6, 6.07) is 7.12. The average Bonchev–Trinajstić information content (AvgIpc) is 2.17. The first-order chi connectivity index (χ1) is 7.18. The Hall–Kier alpha value is -2.03. The SMILES string of the molecule is Cc1cc(N)cc(O)c1-c1ccncc1. The number of aromatic nitrogens is 1. The molecule has 3 nitrogen and oxygen atoms in total. The van der Waals surface area contributed by atoms with E-state index in [0.717, 1.165) is 16.7 Å². The van der Waals surface area contributed by atoms with E-state index in [2.05, 4.69) is 4.98 Å². The van der Waals surface area contributed by atoms with E-state index in [-0.39, 0.29) is 5.75 Å². The number of rotatable bonds is 1. The minimum Gasteiger partial charge on any atom is -0.507 e. The van der Waals surface area contributed by atoms with Crippen LogP contribution in [0.4, 0.5) is 5.69 Å². The van der Waals surface area contributed by atoms with Crippen molar-refractivity contribution in [3.05, 3.63) is 42.2 Å². The zero-order valence-corrected chi connectivity index (χ0v) is 8.44. The molecule has 0 aliphatic heterocycles. The van der Waals surface area contributed by atoms with Crippen molar-refractivity contribution in [2.75, 3.05) is 5.73 Å². The average molecular weight is 200 g/mol. The van der Waals surface area contributed by atoms with Crippen LogP contribution in [-0.4, -0.2) is 10.1 Å². The Balaban J connectivity index is 2.64. The van der Waals surface area contributed by atoms with Crippen LogP contribution in [0.1, 0.15) is 5.56 Å². The fraction of sp³-hybridized carbons (Fsp3) is 0.0833. The maximum absolute atomic E-state index is 9.83. The standard InChI is InChI=1S/C12H12N2O/c1-8-6-10(13)7-11(15)12(8)9-2-4-14-5-3-9/h2-7,15H,13H2,1H3. The van der Waals surface area contributed by atoms with E-state index >= 15 is 0 Å². The molecule has 2 rings (SSSR count). The van der Waals surface area contributed by atoms with Gasteiger partial charge in [-0.15, -0.1) is 0 Å². The number of pyridine rings is 1. The number of nitrogens with zero attached hydrogens (tertiary/aromatic N) is 1. The minimum absolute atomic E-state index is 0.207. The molecule has 0 amide bonds. The Morgan fingerprint density at radius 2 is 1.87 bits per heavy atom. The van der Waals surface area contributed by atoms with E-state index in [1.54, 1.807) is 18.5 Å². The van der Waals surface area contributed by atoms with E-state index in [1.165, 1.54) is 0 Å². The second-order valence-electron chi connectivity index (χ2n) is 3.47. The summed E-state index contributed by atoms with van der Waals surface area (Å²) in [4.78, 5) is 3.94. The first kappa shape index (κ1) is 9.52. The molecule has 0 saturated carbocycles. The van der Waals surface area contributed by atoms with Crippen LogP contribution in [0.2, 0.25) is 0 Å². The number of aryl methyl sites for hydroxylation is 1. The molecule has 1 aromatic carbocycles. The first-order valence-electron chi connectivity index (χ1n) is 4.68. The van der Waals surface area contributed by atoms with Crippen LogP contribution in [-0.2, 0) is 0 Å². The number of phenolic OH excluding ortho intramolecular Hbond substituents is 1. The lowest BCUT2D eigenvalue weighted by atomic mass is 10.00. The normalized spacial score (nSPS) is 10.2. The second-order valence-corrected chi connectivity index (χ2v) is 3.47. The summed E-state index contributed by atoms with van der Waals surface area (Å²) in [5.74, 6) is 0.207. The molecule has 76 valence electrons. The largest absolute Gasteiger partial charge is 0.507 e. The number of aromatic hydroxyl groups is 1. The molecule has 1 aromatic heterocycles. The van der Waals surface area contributed by atoms with Crippen molar-refractivity contribution in [1.29, 1.82) is 0 Å². The molecule has 0 atom stereocenters. The Bertz CT molecular complexity index is 457. The highest BCUT2D eigenvalue weighted by Crippen LogP contribution is 2.33. The van der Waals surface area contributed by atoms with Crippen molar-refractivity contribution in [3.63, 3.8) is 0 Å². The van der Waals surface area contributed by atoms with Gasteiger partial charge < -0.3 is 10.8 Å². The number of anilines is 1. The molecule has 3 heteroatoms. The first-order valence-corrected chi connectivity index (χ1v) is 4.68. The van der Waals surface area contributed by atoms with Gasteiger partial charge in [-0.1, -0.05) is 0 Å². The van der Waals surface area contributed by atoms with Gasteiger partial charge in [0.05, 0.1) is 0 Å². The predicted molar refractivity (Wildman–Crippen MR) is 60.5 cm³/mol. The van der Waals surface area contributed by atoms with Gasteiger partial charge >= 0.3 is 0 Å². The van der Waals surface area contributed by atoms with Crippen molar-refractivity contribution >= 4 is 5.69 Å². The fourth-order valence-electron chi connectivity index (χ4n) is 1.69. The lowest BCUT2D eigenvalue weighted by molar-refractivity contribution is 0.477. The monoisotopic (exact) mass is 200 g/mol. The number of hydrogen-bond acceptors (Lipinski definition) is 3. The number of phenols is 1. The van der Waals surface area contributed by atoms with Crippen molar-refractivity contribution in [2.45, 2.75) is 6.92 Å². The summed E-state index contributed by atoms with van der Waals surface area (Å²) in [5, 5.41) is 9.83. The summed E-state index contributed by atoms with van der Waals surface area (Å²) in [6.45, 7) is 1.92. The smallest absolute Gasteiger partial charge is 0.125 e. The molecule has 0 unspecified atom stereocenters. The molecule has 15 heavy (non-hydrogen) atoms. The lowest BCUT2D eigenvalue weighted by Crippen LogP contribution is -1.90. The van der Waals surface area contributed by atoms with Gasteiger partial charge in [-0.25, -0.2) is 0 Å². The topological polar surface area (TPSA) is 59.1 Å². The van der Waals surface area contributed by atoms with Gasteiger partial charge in [0.2, 0.25) is 0 Å². The highest BCUT2D eigenvalue weighted by Gasteiger charge is 2.08. The van der Waals surface area contributed by atoms with Gasteiger partial charge in [-0.05, 0) is 36.2 Å².